The van der Waals surface area contributed by atoms with Gasteiger partial charge in [0, 0.05) is 31.2 Å². The van der Waals surface area contributed by atoms with Crippen LogP contribution in [0.5, 0.6) is 0 Å². The Morgan fingerprint density at radius 2 is 1.83 bits per heavy atom. The molecule has 1 aliphatic rings. The Kier molecular flexibility index (Phi) is 4.97. The molecule has 2 aromatic rings. The SMILES string of the molecule is CC(C)CN1CCC(NC(=O)c2ccc3ccccc3c2)CC1. The third-order valence-corrected chi connectivity index (χ3v) is 4.56. The predicted octanol–water partition coefficient (Wildman–Crippen LogP) is 3.69. The van der Waals surface area contributed by atoms with Crippen LogP contribution in [-0.2, 0) is 0 Å². The third kappa shape index (κ3) is 4.11. The highest BCUT2D eigenvalue weighted by Crippen LogP contribution is 2.17. The highest BCUT2D eigenvalue weighted by atomic mass is 16.1. The molecule has 1 fully saturated rings. The number of rotatable bonds is 4. The monoisotopic (exact) mass is 310 g/mol. The number of hydrogen-bond donors (Lipinski definition) is 1. The number of nitrogens with one attached hydrogen (secondary N) is 1. The number of hydrogen-bond acceptors (Lipinski definition) is 2. The molecule has 0 unspecified atom stereocenters. The van der Waals surface area contributed by atoms with E-state index < -0.39 is 0 Å². The zero-order valence-electron chi connectivity index (χ0n) is 14.1. The Bertz CT molecular complexity index is 672. The van der Waals surface area contributed by atoms with Gasteiger partial charge in [-0.15, -0.1) is 0 Å². The van der Waals surface area contributed by atoms with Gasteiger partial charge in [-0.05, 0) is 41.7 Å². The van der Waals surface area contributed by atoms with Crippen LogP contribution in [0.15, 0.2) is 42.5 Å². The molecule has 3 nitrogen and oxygen atoms in total. The van der Waals surface area contributed by atoms with E-state index in [0.29, 0.717) is 12.0 Å². The van der Waals surface area contributed by atoms with Crippen molar-refractivity contribution in [2.75, 3.05) is 19.6 Å². The molecule has 0 atom stereocenters. The maximum atomic E-state index is 12.5. The van der Waals surface area contributed by atoms with Crippen LogP contribution in [0.2, 0.25) is 0 Å². The molecule has 122 valence electrons. The second-order valence-corrected chi connectivity index (χ2v) is 7.00. The van der Waals surface area contributed by atoms with Gasteiger partial charge in [-0.2, -0.15) is 0 Å². The third-order valence-electron chi connectivity index (χ3n) is 4.56. The molecule has 3 rings (SSSR count). The Balaban J connectivity index is 1.58. The Hall–Kier alpha value is -1.87. The van der Waals surface area contributed by atoms with E-state index in [0.717, 1.165) is 43.4 Å². The lowest BCUT2D eigenvalue weighted by Crippen LogP contribution is -2.45. The molecule has 0 spiro atoms. The van der Waals surface area contributed by atoms with E-state index in [9.17, 15) is 4.79 Å². The first-order valence-electron chi connectivity index (χ1n) is 8.64. The average Bonchev–Trinajstić information content (AvgIpc) is 2.55. The van der Waals surface area contributed by atoms with Crippen molar-refractivity contribution in [1.29, 1.82) is 0 Å². The van der Waals surface area contributed by atoms with Gasteiger partial charge in [0.1, 0.15) is 0 Å². The number of fused-ring (bicyclic) bond motifs is 1. The summed E-state index contributed by atoms with van der Waals surface area (Å²) >= 11 is 0. The van der Waals surface area contributed by atoms with Crippen LogP contribution >= 0.6 is 0 Å². The Labute approximate surface area is 138 Å². The van der Waals surface area contributed by atoms with Crippen molar-refractivity contribution >= 4 is 16.7 Å². The molecule has 0 aromatic heterocycles. The van der Waals surface area contributed by atoms with E-state index in [4.69, 9.17) is 0 Å². The van der Waals surface area contributed by atoms with Crippen LogP contribution in [0.1, 0.15) is 37.0 Å². The van der Waals surface area contributed by atoms with E-state index >= 15 is 0 Å². The normalized spacial score (nSPS) is 16.8. The minimum absolute atomic E-state index is 0.0538. The minimum Gasteiger partial charge on any atom is -0.349 e. The highest BCUT2D eigenvalue weighted by molar-refractivity contribution is 5.98. The van der Waals surface area contributed by atoms with Crippen molar-refractivity contribution in [2.24, 2.45) is 5.92 Å². The van der Waals surface area contributed by atoms with Crippen LogP contribution < -0.4 is 5.32 Å². The van der Waals surface area contributed by atoms with Gasteiger partial charge in [-0.25, -0.2) is 0 Å². The van der Waals surface area contributed by atoms with Crippen molar-refractivity contribution in [3.05, 3.63) is 48.0 Å². The van der Waals surface area contributed by atoms with Crippen LogP contribution in [-0.4, -0.2) is 36.5 Å². The summed E-state index contributed by atoms with van der Waals surface area (Å²) in [7, 11) is 0. The average molecular weight is 310 g/mol. The van der Waals surface area contributed by atoms with Crippen molar-refractivity contribution < 1.29 is 4.79 Å². The molecule has 1 N–H and O–H groups in total. The minimum atomic E-state index is 0.0538. The zero-order chi connectivity index (χ0) is 16.2. The molecular formula is C20H26N2O. The maximum absolute atomic E-state index is 12.5. The van der Waals surface area contributed by atoms with Crippen LogP contribution in [0.25, 0.3) is 10.8 Å². The number of likely N-dealkylation sites (tertiary alicyclic amines) is 1. The van der Waals surface area contributed by atoms with Gasteiger partial charge >= 0.3 is 0 Å². The molecule has 1 amide bonds. The van der Waals surface area contributed by atoms with Gasteiger partial charge < -0.3 is 10.2 Å². The number of carbonyl (C=O) groups excluding carboxylic acids is 1. The summed E-state index contributed by atoms with van der Waals surface area (Å²) in [5.74, 6) is 0.761. The lowest BCUT2D eigenvalue weighted by Gasteiger charge is -2.33. The smallest absolute Gasteiger partial charge is 0.251 e. The second kappa shape index (κ2) is 7.14. The molecule has 0 aliphatic carbocycles. The first-order chi connectivity index (χ1) is 11.1. The van der Waals surface area contributed by atoms with E-state index in [1.165, 1.54) is 5.39 Å². The molecule has 1 heterocycles. The molecule has 2 aromatic carbocycles. The van der Waals surface area contributed by atoms with E-state index in [1.807, 2.05) is 30.3 Å². The fourth-order valence-corrected chi connectivity index (χ4v) is 3.38. The quantitative estimate of drug-likeness (QED) is 0.934. The second-order valence-electron chi connectivity index (χ2n) is 7.00. The van der Waals surface area contributed by atoms with Crippen LogP contribution in [0, 0.1) is 5.92 Å². The highest BCUT2D eigenvalue weighted by Gasteiger charge is 2.21. The first kappa shape index (κ1) is 16.0. The summed E-state index contributed by atoms with van der Waals surface area (Å²) in [6, 6.07) is 14.4. The summed E-state index contributed by atoms with van der Waals surface area (Å²) in [4.78, 5) is 15.0. The van der Waals surface area contributed by atoms with E-state index in [-0.39, 0.29) is 5.91 Å². The molecule has 1 aliphatic heterocycles. The van der Waals surface area contributed by atoms with Crippen molar-refractivity contribution in [1.82, 2.24) is 10.2 Å². The van der Waals surface area contributed by atoms with Gasteiger partial charge in [0.05, 0.1) is 0 Å². The number of amides is 1. The van der Waals surface area contributed by atoms with Gasteiger partial charge in [0.25, 0.3) is 5.91 Å². The molecule has 1 saturated heterocycles. The molecule has 0 saturated carbocycles. The summed E-state index contributed by atoms with van der Waals surface area (Å²) in [5.41, 5.74) is 0.758. The molecular weight excluding hydrogens is 284 g/mol. The van der Waals surface area contributed by atoms with Gasteiger partial charge in [0.2, 0.25) is 0 Å². The van der Waals surface area contributed by atoms with Crippen molar-refractivity contribution in [3.63, 3.8) is 0 Å². The molecule has 3 heteroatoms. The lowest BCUT2D eigenvalue weighted by molar-refractivity contribution is 0.0907. The maximum Gasteiger partial charge on any atom is 0.251 e. The summed E-state index contributed by atoms with van der Waals surface area (Å²) in [6.07, 6.45) is 2.10. The van der Waals surface area contributed by atoms with Gasteiger partial charge in [-0.3, -0.25) is 4.79 Å². The van der Waals surface area contributed by atoms with Crippen LogP contribution in [0.4, 0.5) is 0 Å². The summed E-state index contributed by atoms with van der Waals surface area (Å²) < 4.78 is 0. The largest absolute Gasteiger partial charge is 0.349 e. The number of nitrogens with zero attached hydrogens (tertiary/aromatic N) is 1. The number of piperidine rings is 1. The predicted molar refractivity (Wildman–Crippen MR) is 95.7 cm³/mol. The van der Waals surface area contributed by atoms with Crippen molar-refractivity contribution in [3.8, 4) is 0 Å². The standard InChI is InChI=1S/C20H26N2O/c1-15(2)14-22-11-9-19(10-12-22)21-20(23)18-8-7-16-5-3-4-6-17(16)13-18/h3-8,13,15,19H,9-12,14H2,1-2H3,(H,21,23). The Morgan fingerprint density at radius 3 is 2.52 bits per heavy atom. The molecule has 0 radical (unpaired) electrons. The fraction of sp³-hybridized carbons (Fsp3) is 0.450. The number of benzene rings is 2. The zero-order valence-corrected chi connectivity index (χ0v) is 14.1. The van der Waals surface area contributed by atoms with Gasteiger partial charge in [-0.1, -0.05) is 44.2 Å². The summed E-state index contributed by atoms with van der Waals surface area (Å²) in [6.45, 7) is 7.84. The fourth-order valence-electron chi connectivity index (χ4n) is 3.38. The van der Waals surface area contributed by atoms with E-state index in [2.05, 4.69) is 36.2 Å². The summed E-state index contributed by atoms with van der Waals surface area (Å²) in [5, 5.41) is 5.50. The lowest BCUT2D eigenvalue weighted by atomic mass is 10.0. The van der Waals surface area contributed by atoms with Crippen molar-refractivity contribution in [2.45, 2.75) is 32.7 Å². The molecule has 0 bridgehead atoms. The molecule has 23 heavy (non-hydrogen) atoms. The topological polar surface area (TPSA) is 32.3 Å². The van der Waals surface area contributed by atoms with E-state index in [1.54, 1.807) is 0 Å². The number of carbonyl (C=O) groups is 1. The van der Waals surface area contributed by atoms with Gasteiger partial charge in [0.15, 0.2) is 0 Å². The first-order valence-corrected chi connectivity index (χ1v) is 8.64. The Morgan fingerprint density at radius 1 is 1.13 bits per heavy atom. The van der Waals surface area contributed by atoms with Crippen LogP contribution in [0.3, 0.4) is 0 Å².